The number of hydrogen-bond acceptors (Lipinski definition) is 4. The predicted octanol–water partition coefficient (Wildman–Crippen LogP) is 2.48. The molecule has 4 heteroatoms. The summed E-state index contributed by atoms with van der Waals surface area (Å²) in [6.07, 6.45) is 3.10. The number of ether oxygens (including phenoxy) is 2. The van der Waals surface area contributed by atoms with E-state index in [2.05, 4.69) is 0 Å². The monoisotopic (exact) mass is 242 g/mol. The molecule has 0 amide bonds. The van der Waals surface area contributed by atoms with Crippen molar-refractivity contribution in [1.29, 1.82) is 0 Å². The van der Waals surface area contributed by atoms with Gasteiger partial charge in [-0.3, -0.25) is 9.59 Å². The van der Waals surface area contributed by atoms with Crippen LogP contribution in [0.15, 0.2) is 11.6 Å². The average molecular weight is 242 g/mol. The first-order chi connectivity index (χ1) is 8.02. The van der Waals surface area contributed by atoms with E-state index >= 15 is 0 Å². The van der Waals surface area contributed by atoms with Gasteiger partial charge in [0.2, 0.25) is 0 Å². The highest BCUT2D eigenvalue weighted by Crippen LogP contribution is 2.13. The van der Waals surface area contributed by atoms with Gasteiger partial charge in [-0.05, 0) is 40.5 Å². The van der Waals surface area contributed by atoms with E-state index in [0.29, 0.717) is 12.8 Å². The van der Waals surface area contributed by atoms with Crippen molar-refractivity contribution >= 4 is 11.9 Å². The van der Waals surface area contributed by atoms with Gasteiger partial charge in [0, 0.05) is 0 Å². The van der Waals surface area contributed by atoms with Gasteiger partial charge in [-0.15, -0.1) is 0 Å². The zero-order chi connectivity index (χ0) is 13.3. The molecule has 0 spiro atoms. The van der Waals surface area contributed by atoms with Crippen LogP contribution in [-0.4, -0.2) is 25.2 Å². The second-order valence-electron chi connectivity index (χ2n) is 3.92. The normalized spacial score (nSPS) is 9.94. The van der Waals surface area contributed by atoms with Gasteiger partial charge in [0.15, 0.2) is 5.92 Å². The first-order valence-corrected chi connectivity index (χ1v) is 5.99. The molecular formula is C13H22O4. The van der Waals surface area contributed by atoms with Gasteiger partial charge in [0.1, 0.15) is 0 Å². The fourth-order valence-electron chi connectivity index (χ4n) is 1.36. The van der Waals surface area contributed by atoms with Crippen LogP contribution in [0.25, 0.3) is 0 Å². The lowest BCUT2D eigenvalue weighted by atomic mass is 10.0. The standard InChI is InChI=1S/C13H22O4/c1-5-16-12(14)11(13(15)17-6-2)9-7-8-10(3)4/h8,11H,5-7,9H2,1-4H3. The van der Waals surface area contributed by atoms with Gasteiger partial charge in [-0.1, -0.05) is 11.6 Å². The van der Waals surface area contributed by atoms with Crippen LogP contribution in [0.4, 0.5) is 0 Å². The first-order valence-electron chi connectivity index (χ1n) is 5.99. The molecular weight excluding hydrogens is 220 g/mol. The lowest BCUT2D eigenvalue weighted by Gasteiger charge is -2.13. The van der Waals surface area contributed by atoms with Crippen LogP contribution in [-0.2, 0) is 19.1 Å². The van der Waals surface area contributed by atoms with Crippen LogP contribution in [0.1, 0.15) is 40.5 Å². The molecule has 0 saturated carbocycles. The van der Waals surface area contributed by atoms with Crippen molar-refractivity contribution in [2.45, 2.75) is 40.5 Å². The third-order valence-electron chi connectivity index (χ3n) is 2.15. The van der Waals surface area contributed by atoms with Gasteiger partial charge in [-0.25, -0.2) is 0 Å². The number of rotatable bonds is 7. The summed E-state index contributed by atoms with van der Waals surface area (Å²) >= 11 is 0. The molecule has 0 aliphatic heterocycles. The van der Waals surface area contributed by atoms with Crippen molar-refractivity contribution < 1.29 is 19.1 Å². The Morgan fingerprint density at radius 2 is 1.53 bits per heavy atom. The van der Waals surface area contributed by atoms with Crippen molar-refractivity contribution in [3.63, 3.8) is 0 Å². The highest BCUT2D eigenvalue weighted by Gasteiger charge is 2.28. The van der Waals surface area contributed by atoms with Crippen LogP contribution in [0.3, 0.4) is 0 Å². The number of carbonyl (C=O) groups excluding carboxylic acids is 2. The molecule has 0 aromatic carbocycles. The van der Waals surface area contributed by atoms with Crippen molar-refractivity contribution in [3.8, 4) is 0 Å². The van der Waals surface area contributed by atoms with Gasteiger partial charge >= 0.3 is 11.9 Å². The Bertz CT molecular complexity index is 259. The summed E-state index contributed by atoms with van der Waals surface area (Å²) in [5, 5.41) is 0. The molecule has 17 heavy (non-hydrogen) atoms. The van der Waals surface area contributed by atoms with Gasteiger partial charge in [0.05, 0.1) is 13.2 Å². The molecule has 4 nitrogen and oxygen atoms in total. The van der Waals surface area contributed by atoms with E-state index in [0.717, 1.165) is 5.57 Å². The lowest BCUT2D eigenvalue weighted by molar-refractivity contribution is -0.161. The van der Waals surface area contributed by atoms with Crippen LogP contribution in [0, 0.1) is 5.92 Å². The topological polar surface area (TPSA) is 52.6 Å². The summed E-state index contributed by atoms with van der Waals surface area (Å²) in [5.74, 6) is -1.79. The van der Waals surface area contributed by atoms with Crippen molar-refractivity contribution in [1.82, 2.24) is 0 Å². The lowest BCUT2D eigenvalue weighted by Crippen LogP contribution is -2.28. The number of carbonyl (C=O) groups is 2. The Labute approximate surface area is 103 Å². The first kappa shape index (κ1) is 15.7. The highest BCUT2D eigenvalue weighted by atomic mass is 16.6. The Morgan fingerprint density at radius 1 is 1.06 bits per heavy atom. The minimum Gasteiger partial charge on any atom is -0.465 e. The predicted molar refractivity (Wildman–Crippen MR) is 65.4 cm³/mol. The molecule has 0 aliphatic rings. The molecule has 98 valence electrons. The van der Waals surface area contributed by atoms with Crippen LogP contribution in [0.5, 0.6) is 0 Å². The minimum atomic E-state index is -0.800. The molecule has 0 bridgehead atoms. The van der Waals surface area contributed by atoms with Crippen molar-refractivity contribution in [3.05, 3.63) is 11.6 Å². The van der Waals surface area contributed by atoms with Crippen LogP contribution in [0.2, 0.25) is 0 Å². The van der Waals surface area contributed by atoms with Crippen LogP contribution >= 0.6 is 0 Å². The third kappa shape index (κ3) is 6.76. The number of allylic oxidation sites excluding steroid dienone is 2. The summed E-state index contributed by atoms with van der Waals surface area (Å²) < 4.78 is 9.74. The molecule has 0 heterocycles. The van der Waals surface area contributed by atoms with E-state index in [9.17, 15) is 9.59 Å². The van der Waals surface area contributed by atoms with E-state index in [1.54, 1.807) is 13.8 Å². The molecule has 0 aliphatic carbocycles. The molecule has 0 radical (unpaired) electrons. The fourth-order valence-corrected chi connectivity index (χ4v) is 1.36. The maximum absolute atomic E-state index is 11.6. The van der Waals surface area contributed by atoms with Crippen molar-refractivity contribution in [2.75, 3.05) is 13.2 Å². The minimum absolute atomic E-state index is 0.275. The highest BCUT2D eigenvalue weighted by molar-refractivity contribution is 5.94. The summed E-state index contributed by atoms with van der Waals surface area (Å²) in [6, 6.07) is 0. The Hall–Kier alpha value is -1.32. The maximum atomic E-state index is 11.6. The van der Waals surface area contributed by atoms with Crippen molar-refractivity contribution in [2.24, 2.45) is 5.92 Å². The zero-order valence-corrected chi connectivity index (χ0v) is 11.1. The third-order valence-corrected chi connectivity index (χ3v) is 2.15. The molecule has 0 rings (SSSR count). The van der Waals surface area contributed by atoms with E-state index in [4.69, 9.17) is 9.47 Å². The Morgan fingerprint density at radius 3 is 1.88 bits per heavy atom. The molecule has 0 atom stereocenters. The Kier molecular flexibility index (Phi) is 8.11. The SMILES string of the molecule is CCOC(=O)C(CCC=C(C)C)C(=O)OCC. The Balaban J connectivity index is 4.45. The van der Waals surface area contributed by atoms with Gasteiger partial charge in [0.25, 0.3) is 0 Å². The van der Waals surface area contributed by atoms with E-state index in [1.807, 2.05) is 19.9 Å². The molecule has 0 unspecified atom stereocenters. The van der Waals surface area contributed by atoms with Gasteiger partial charge in [-0.2, -0.15) is 0 Å². The number of esters is 2. The van der Waals surface area contributed by atoms with E-state index in [1.165, 1.54) is 0 Å². The second kappa shape index (κ2) is 8.79. The number of hydrogen-bond donors (Lipinski definition) is 0. The average Bonchev–Trinajstić information content (AvgIpc) is 2.24. The zero-order valence-electron chi connectivity index (χ0n) is 11.1. The molecule has 0 aromatic rings. The molecule has 0 saturated heterocycles. The second-order valence-corrected chi connectivity index (χ2v) is 3.92. The molecule has 0 fully saturated rings. The quantitative estimate of drug-likeness (QED) is 0.391. The summed E-state index contributed by atoms with van der Waals surface area (Å²) in [4.78, 5) is 23.2. The maximum Gasteiger partial charge on any atom is 0.320 e. The van der Waals surface area contributed by atoms with Crippen LogP contribution < -0.4 is 0 Å². The fraction of sp³-hybridized carbons (Fsp3) is 0.692. The summed E-state index contributed by atoms with van der Waals surface area (Å²) in [6.45, 7) is 7.94. The largest absolute Gasteiger partial charge is 0.465 e. The smallest absolute Gasteiger partial charge is 0.320 e. The molecule has 0 aromatic heterocycles. The summed E-state index contributed by atoms with van der Waals surface area (Å²) in [5.41, 5.74) is 1.16. The van der Waals surface area contributed by atoms with E-state index < -0.39 is 17.9 Å². The molecule has 0 N–H and O–H groups in total. The van der Waals surface area contributed by atoms with E-state index in [-0.39, 0.29) is 13.2 Å². The summed E-state index contributed by atoms with van der Waals surface area (Å²) in [7, 11) is 0. The van der Waals surface area contributed by atoms with Gasteiger partial charge < -0.3 is 9.47 Å².